The Morgan fingerprint density at radius 3 is 2.09 bits per heavy atom. The number of urea groups is 1. The minimum absolute atomic E-state index is 0.00633. The Kier molecular flexibility index (Phi) is 7.05. The van der Waals surface area contributed by atoms with E-state index in [1.54, 1.807) is 0 Å². The van der Waals surface area contributed by atoms with Crippen LogP contribution in [0.1, 0.15) is 34.1 Å². The molecule has 0 aromatic heterocycles. The number of rotatable bonds is 6. The lowest BCUT2D eigenvalue weighted by molar-refractivity contribution is -0.125. The van der Waals surface area contributed by atoms with Crippen molar-refractivity contribution < 1.29 is 24.5 Å². The molecule has 22 heavy (non-hydrogen) atoms. The molecule has 1 fully saturated rings. The van der Waals surface area contributed by atoms with E-state index < -0.39 is 24.4 Å². The third kappa shape index (κ3) is 5.78. The zero-order chi connectivity index (χ0) is 16.9. The Morgan fingerprint density at radius 2 is 1.55 bits per heavy atom. The SMILES string of the molecule is CC(C)NC(=O)C[C@@H]1O[C@H](CNC(=O)NC(C)C)[C@@H](O)[C@H]1O. The van der Waals surface area contributed by atoms with Gasteiger partial charge in [0.15, 0.2) is 0 Å². The van der Waals surface area contributed by atoms with Crippen LogP contribution in [0.5, 0.6) is 0 Å². The lowest BCUT2D eigenvalue weighted by atomic mass is 10.1. The van der Waals surface area contributed by atoms with Gasteiger partial charge < -0.3 is 30.9 Å². The Morgan fingerprint density at radius 1 is 1.00 bits per heavy atom. The summed E-state index contributed by atoms with van der Waals surface area (Å²) < 4.78 is 5.49. The minimum Gasteiger partial charge on any atom is -0.388 e. The Hall–Kier alpha value is -1.38. The molecule has 1 saturated heterocycles. The van der Waals surface area contributed by atoms with E-state index in [4.69, 9.17) is 4.74 Å². The maximum Gasteiger partial charge on any atom is 0.315 e. The van der Waals surface area contributed by atoms with Gasteiger partial charge in [0.25, 0.3) is 0 Å². The smallest absolute Gasteiger partial charge is 0.315 e. The molecule has 1 aliphatic rings. The summed E-state index contributed by atoms with van der Waals surface area (Å²) in [6.07, 6.45) is -3.86. The molecule has 0 aliphatic carbocycles. The van der Waals surface area contributed by atoms with Crippen LogP contribution in [-0.4, -0.2) is 65.2 Å². The molecule has 0 radical (unpaired) electrons. The molecule has 0 aromatic carbocycles. The number of amides is 3. The lowest BCUT2D eigenvalue weighted by Crippen LogP contribution is -2.45. The Bertz CT molecular complexity index is 389. The van der Waals surface area contributed by atoms with Gasteiger partial charge in [0.05, 0.1) is 12.5 Å². The zero-order valence-electron chi connectivity index (χ0n) is 13.5. The van der Waals surface area contributed by atoms with Crippen LogP contribution < -0.4 is 16.0 Å². The van der Waals surface area contributed by atoms with Crippen molar-refractivity contribution in [2.45, 2.75) is 70.6 Å². The summed E-state index contributed by atoms with van der Waals surface area (Å²) in [5, 5.41) is 27.8. The van der Waals surface area contributed by atoms with E-state index in [1.807, 2.05) is 27.7 Å². The molecule has 5 N–H and O–H groups in total. The van der Waals surface area contributed by atoms with Crippen LogP contribution in [0.4, 0.5) is 4.79 Å². The summed E-state index contributed by atoms with van der Waals surface area (Å²) >= 11 is 0. The third-order valence-corrected chi connectivity index (χ3v) is 3.18. The topological polar surface area (TPSA) is 120 Å². The maximum atomic E-state index is 11.7. The van der Waals surface area contributed by atoms with E-state index in [0.717, 1.165) is 0 Å². The molecule has 0 saturated carbocycles. The molecule has 4 atom stereocenters. The summed E-state index contributed by atoms with van der Waals surface area (Å²) in [5.74, 6) is -0.252. The first-order valence-corrected chi connectivity index (χ1v) is 7.56. The quantitative estimate of drug-likeness (QED) is 0.435. The van der Waals surface area contributed by atoms with Crippen molar-refractivity contribution >= 4 is 11.9 Å². The van der Waals surface area contributed by atoms with E-state index in [1.165, 1.54) is 0 Å². The highest BCUT2D eigenvalue weighted by Crippen LogP contribution is 2.23. The highest BCUT2D eigenvalue weighted by atomic mass is 16.5. The van der Waals surface area contributed by atoms with Crippen LogP contribution in [0.25, 0.3) is 0 Å². The normalized spacial score (nSPS) is 28.0. The first-order chi connectivity index (χ1) is 10.2. The van der Waals surface area contributed by atoms with Gasteiger partial charge in [-0.1, -0.05) is 0 Å². The maximum absolute atomic E-state index is 11.7. The Labute approximate surface area is 130 Å². The first kappa shape index (κ1) is 18.7. The molecule has 1 heterocycles. The second-order valence-corrected chi connectivity index (χ2v) is 6.13. The largest absolute Gasteiger partial charge is 0.388 e. The van der Waals surface area contributed by atoms with Crippen LogP contribution in [0.15, 0.2) is 0 Å². The van der Waals surface area contributed by atoms with Crippen LogP contribution in [0, 0.1) is 0 Å². The number of aliphatic hydroxyl groups is 2. The molecule has 1 aliphatic heterocycles. The third-order valence-electron chi connectivity index (χ3n) is 3.18. The standard InChI is InChI=1S/C14H27N3O5/c1-7(2)16-11(18)5-9-12(19)13(20)10(22-9)6-15-14(21)17-8(3)4/h7-10,12-13,19-20H,5-6H2,1-4H3,(H,16,18)(H2,15,17,21)/t9-,10+,12-,13+/m0/s1. The predicted octanol–water partition coefficient (Wildman–Crippen LogP) is -0.902. The number of hydrogen-bond donors (Lipinski definition) is 5. The van der Waals surface area contributed by atoms with Crippen molar-refractivity contribution in [1.82, 2.24) is 16.0 Å². The van der Waals surface area contributed by atoms with Crippen molar-refractivity contribution in [3.8, 4) is 0 Å². The van der Waals surface area contributed by atoms with Crippen molar-refractivity contribution in [3.05, 3.63) is 0 Å². The van der Waals surface area contributed by atoms with Gasteiger partial charge in [-0.05, 0) is 27.7 Å². The van der Waals surface area contributed by atoms with Gasteiger partial charge in [0.2, 0.25) is 5.91 Å². The van der Waals surface area contributed by atoms with E-state index in [0.29, 0.717) is 0 Å². The number of carbonyl (C=O) groups is 2. The molecule has 0 aromatic rings. The second kappa shape index (κ2) is 8.30. The molecule has 0 unspecified atom stereocenters. The van der Waals surface area contributed by atoms with Gasteiger partial charge in [0, 0.05) is 18.6 Å². The zero-order valence-corrected chi connectivity index (χ0v) is 13.5. The molecule has 8 heteroatoms. The van der Waals surface area contributed by atoms with Gasteiger partial charge in [-0.15, -0.1) is 0 Å². The van der Waals surface area contributed by atoms with Crippen LogP contribution in [-0.2, 0) is 9.53 Å². The molecular formula is C14H27N3O5. The van der Waals surface area contributed by atoms with E-state index in [9.17, 15) is 19.8 Å². The Balaban J connectivity index is 2.45. The average molecular weight is 317 g/mol. The fourth-order valence-electron chi connectivity index (χ4n) is 2.23. The monoisotopic (exact) mass is 317 g/mol. The van der Waals surface area contributed by atoms with Gasteiger partial charge >= 0.3 is 6.03 Å². The van der Waals surface area contributed by atoms with Crippen molar-refractivity contribution in [3.63, 3.8) is 0 Å². The molecule has 128 valence electrons. The summed E-state index contributed by atoms with van der Waals surface area (Å²) in [5.41, 5.74) is 0. The highest BCUT2D eigenvalue weighted by Gasteiger charge is 2.43. The highest BCUT2D eigenvalue weighted by molar-refractivity contribution is 5.76. The number of hydrogen-bond acceptors (Lipinski definition) is 5. The van der Waals surface area contributed by atoms with Crippen LogP contribution in [0.3, 0.4) is 0 Å². The molecule has 3 amide bonds. The molecule has 1 rings (SSSR count). The van der Waals surface area contributed by atoms with E-state index >= 15 is 0 Å². The van der Waals surface area contributed by atoms with E-state index in [2.05, 4.69) is 16.0 Å². The summed E-state index contributed by atoms with van der Waals surface area (Å²) in [6.45, 7) is 7.37. The summed E-state index contributed by atoms with van der Waals surface area (Å²) in [7, 11) is 0. The van der Waals surface area contributed by atoms with Crippen LogP contribution in [0.2, 0.25) is 0 Å². The number of ether oxygens (including phenoxy) is 1. The van der Waals surface area contributed by atoms with Gasteiger partial charge in [-0.2, -0.15) is 0 Å². The van der Waals surface area contributed by atoms with Crippen LogP contribution >= 0.6 is 0 Å². The number of aliphatic hydroxyl groups excluding tert-OH is 2. The minimum atomic E-state index is -1.15. The molecule has 8 nitrogen and oxygen atoms in total. The molecule has 0 bridgehead atoms. The summed E-state index contributed by atoms with van der Waals surface area (Å²) in [4.78, 5) is 23.2. The molecule has 0 spiro atoms. The van der Waals surface area contributed by atoms with Crippen molar-refractivity contribution in [1.29, 1.82) is 0 Å². The average Bonchev–Trinajstić information content (AvgIpc) is 2.62. The first-order valence-electron chi connectivity index (χ1n) is 7.56. The fraction of sp³-hybridized carbons (Fsp3) is 0.857. The number of nitrogens with one attached hydrogen (secondary N) is 3. The van der Waals surface area contributed by atoms with Gasteiger partial charge in [-0.25, -0.2) is 4.79 Å². The second-order valence-electron chi connectivity index (χ2n) is 6.13. The lowest BCUT2D eigenvalue weighted by Gasteiger charge is -2.16. The van der Waals surface area contributed by atoms with E-state index in [-0.39, 0.29) is 37.0 Å². The van der Waals surface area contributed by atoms with Gasteiger partial charge in [0.1, 0.15) is 18.3 Å². The van der Waals surface area contributed by atoms with Crippen molar-refractivity contribution in [2.75, 3.05) is 6.54 Å². The predicted molar refractivity (Wildman–Crippen MR) is 80.2 cm³/mol. The molecular weight excluding hydrogens is 290 g/mol. The van der Waals surface area contributed by atoms with Gasteiger partial charge in [-0.3, -0.25) is 4.79 Å². The summed E-state index contributed by atoms with van der Waals surface area (Å²) in [6, 6.07) is -0.387. The fourth-order valence-corrected chi connectivity index (χ4v) is 2.23. The van der Waals surface area contributed by atoms with Crippen molar-refractivity contribution in [2.24, 2.45) is 0 Å². The number of carbonyl (C=O) groups excluding carboxylic acids is 2.